The van der Waals surface area contributed by atoms with Gasteiger partial charge in [0.05, 0.1) is 28.2 Å². The van der Waals surface area contributed by atoms with Crippen molar-refractivity contribution in [2.75, 3.05) is 29.9 Å². The van der Waals surface area contributed by atoms with Gasteiger partial charge in [0.25, 0.3) is 0 Å². The molecule has 0 aromatic heterocycles. The summed E-state index contributed by atoms with van der Waals surface area (Å²) in [5.41, 5.74) is 6.07. The molecule has 8 nitrogen and oxygen atoms in total. The van der Waals surface area contributed by atoms with Gasteiger partial charge in [0.1, 0.15) is 5.76 Å². The molecule has 8 heteroatoms. The predicted octanol–water partition coefficient (Wildman–Crippen LogP) is 9.21. The molecule has 0 saturated carbocycles. The number of hydrogen-bond acceptors (Lipinski definition) is 6. The van der Waals surface area contributed by atoms with Crippen molar-refractivity contribution < 1.29 is 19.5 Å². The van der Waals surface area contributed by atoms with Crippen LogP contribution in [0.3, 0.4) is 0 Å². The van der Waals surface area contributed by atoms with Crippen LogP contribution in [-0.2, 0) is 14.4 Å². The molecule has 1 aromatic carbocycles. The molecular formula is C41H58N4O4. The number of carbonyl (C=O) groups is 3. The third-order valence-electron chi connectivity index (χ3n) is 9.69. The topological polar surface area (TPSA) is 111 Å². The minimum absolute atomic E-state index is 0.0949. The zero-order valence-corrected chi connectivity index (χ0v) is 30.6. The average molecular weight is 671 g/mol. The van der Waals surface area contributed by atoms with Crippen LogP contribution in [0.15, 0.2) is 57.5 Å². The third kappa shape index (κ3) is 9.83. The monoisotopic (exact) mass is 670 g/mol. The second kappa shape index (κ2) is 18.7. The first kappa shape index (κ1) is 37.9. The lowest BCUT2D eigenvalue weighted by Crippen LogP contribution is -2.30. The minimum atomic E-state index is -0.310. The first-order valence-electron chi connectivity index (χ1n) is 18.9. The summed E-state index contributed by atoms with van der Waals surface area (Å²) in [7, 11) is 0. The van der Waals surface area contributed by atoms with Gasteiger partial charge in [-0.25, -0.2) is 0 Å². The number of ketones is 1. The molecule has 1 saturated heterocycles. The van der Waals surface area contributed by atoms with Gasteiger partial charge in [-0.05, 0) is 81.4 Å². The van der Waals surface area contributed by atoms with Crippen LogP contribution in [-0.4, -0.2) is 48.1 Å². The quantitative estimate of drug-likeness (QED) is 0.107. The maximum absolute atomic E-state index is 14.1. The molecular weight excluding hydrogens is 612 g/mol. The lowest BCUT2D eigenvalue weighted by molar-refractivity contribution is -0.120. The number of benzene rings is 1. The normalized spacial score (nSPS) is 18.5. The van der Waals surface area contributed by atoms with Gasteiger partial charge in [0, 0.05) is 49.3 Å². The van der Waals surface area contributed by atoms with E-state index in [2.05, 4.69) is 36.3 Å². The highest BCUT2D eigenvalue weighted by molar-refractivity contribution is 6.40. The molecule has 266 valence electrons. The fourth-order valence-electron chi connectivity index (χ4n) is 6.80. The van der Waals surface area contributed by atoms with E-state index in [-0.39, 0.29) is 34.5 Å². The number of Topliss-reactive ketones (excluding diaryl/α,β-unsaturated/α-hetero) is 1. The Hall–Kier alpha value is -3.94. The van der Waals surface area contributed by atoms with Crippen molar-refractivity contribution in [2.24, 2.45) is 4.99 Å². The Balaban J connectivity index is 1.72. The number of aliphatic hydroxyl groups is 1. The Morgan fingerprint density at radius 1 is 0.796 bits per heavy atom. The van der Waals surface area contributed by atoms with Gasteiger partial charge < -0.3 is 20.6 Å². The molecule has 1 aromatic rings. The SMILES string of the molecule is CCCCCCC(=O)NC1=CC(=N\CCCCC)/C(C)=CC/1=C1/C(=O)C(c2cc(C)c(N3CCCC3)cc2NC(=O)CCCCCC)=C1O. The molecule has 0 spiro atoms. The molecule has 4 rings (SSSR count). The number of nitrogens with zero attached hydrogens (tertiary/aromatic N) is 2. The highest BCUT2D eigenvalue weighted by Crippen LogP contribution is 2.44. The average Bonchev–Trinajstić information content (AvgIpc) is 3.61. The van der Waals surface area contributed by atoms with Gasteiger partial charge in [-0.15, -0.1) is 0 Å². The molecule has 0 unspecified atom stereocenters. The molecule has 1 heterocycles. The van der Waals surface area contributed by atoms with E-state index in [1.54, 1.807) is 0 Å². The van der Waals surface area contributed by atoms with Gasteiger partial charge in [-0.1, -0.05) is 72.1 Å². The van der Waals surface area contributed by atoms with E-state index in [1.165, 1.54) is 0 Å². The first-order chi connectivity index (χ1) is 23.7. The minimum Gasteiger partial charge on any atom is -0.506 e. The number of amides is 2. The van der Waals surface area contributed by atoms with E-state index < -0.39 is 0 Å². The lowest BCUT2D eigenvalue weighted by Gasteiger charge is -2.29. The van der Waals surface area contributed by atoms with Crippen molar-refractivity contribution in [1.82, 2.24) is 5.32 Å². The van der Waals surface area contributed by atoms with Gasteiger partial charge in [-0.3, -0.25) is 19.4 Å². The second-order valence-electron chi connectivity index (χ2n) is 13.8. The summed E-state index contributed by atoms with van der Waals surface area (Å²) in [5, 5.41) is 17.8. The fraction of sp³-hybridized carbons (Fsp3) is 0.561. The van der Waals surface area contributed by atoms with Crippen LogP contribution in [0.2, 0.25) is 0 Å². The lowest BCUT2D eigenvalue weighted by atomic mass is 9.77. The molecule has 3 aliphatic rings. The van der Waals surface area contributed by atoms with Crippen LogP contribution in [0.1, 0.15) is 135 Å². The van der Waals surface area contributed by atoms with Crippen LogP contribution in [0.4, 0.5) is 11.4 Å². The number of anilines is 2. The van der Waals surface area contributed by atoms with Crippen molar-refractivity contribution in [2.45, 2.75) is 131 Å². The molecule has 1 fully saturated rings. The molecule has 2 aliphatic carbocycles. The number of aliphatic hydroxyl groups excluding tert-OH is 1. The van der Waals surface area contributed by atoms with Crippen LogP contribution in [0.25, 0.3) is 5.57 Å². The molecule has 49 heavy (non-hydrogen) atoms. The zero-order valence-electron chi connectivity index (χ0n) is 30.6. The maximum Gasteiger partial charge on any atom is 0.224 e. The van der Waals surface area contributed by atoms with Crippen molar-refractivity contribution >= 4 is 40.3 Å². The van der Waals surface area contributed by atoms with Gasteiger partial charge in [0.2, 0.25) is 17.6 Å². The summed E-state index contributed by atoms with van der Waals surface area (Å²) in [6.07, 6.45) is 17.8. The number of hydrogen-bond donors (Lipinski definition) is 3. The summed E-state index contributed by atoms with van der Waals surface area (Å²) in [4.78, 5) is 47.4. The van der Waals surface area contributed by atoms with E-state index in [9.17, 15) is 19.5 Å². The van der Waals surface area contributed by atoms with Crippen molar-refractivity contribution in [3.63, 3.8) is 0 Å². The largest absolute Gasteiger partial charge is 0.506 e. The number of carbonyl (C=O) groups excluding carboxylic acids is 3. The summed E-state index contributed by atoms with van der Waals surface area (Å²) >= 11 is 0. The smallest absolute Gasteiger partial charge is 0.224 e. The summed E-state index contributed by atoms with van der Waals surface area (Å²) in [5.74, 6) is -0.647. The van der Waals surface area contributed by atoms with Crippen molar-refractivity contribution in [3.8, 4) is 0 Å². The maximum atomic E-state index is 14.1. The highest BCUT2D eigenvalue weighted by atomic mass is 16.3. The molecule has 0 radical (unpaired) electrons. The Labute approximate surface area is 293 Å². The summed E-state index contributed by atoms with van der Waals surface area (Å²) in [6.45, 7) is 13.0. The number of aliphatic imine (C=N–C) groups is 1. The summed E-state index contributed by atoms with van der Waals surface area (Å²) < 4.78 is 0. The number of rotatable bonds is 18. The summed E-state index contributed by atoms with van der Waals surface area (Å²) in [6, 6.07) is 3.89. The number of nitrogens with one attached hydrogen (secondary N) is 2. The van der Waals surface area contributed by atoms with Crippen molar-refractivity contribution in [3.05, 3.63) is 63.6 Å². The zero-order chi connectivity index (χ0) is 35.3. The van der Waals surface area contributed by atoms with E-state index in [0.29, 0.717) is 41.9 Å². The molecule has 0 bridgehead atoms. The van der Waals surface area contributed by atoms with Crippen molar-refractivity contribution in [1.29, 1.82) is 0 Å². The molecule has 2 amide bonds. The van der Waals surface area contributed by atoms with Gasteiger partial charge in [0.15, 0.2) is 0 Å². The molecule has 1 aliphatic heterocycles. The van der Waals surface area contributed by atoms with Crippen LogP contribution in [0, 0.1) is 6.92 Å². The van der Waals surface area contributed by atoms with E-state index >= 15 is 0 Å². The van der Waals surface area contributed by atoms with E-state index in [4.69, 9.17) is 4.99 Å². The van der Waals surface area contributed by atoms with Crippen LogP contribution in [0.5, 0.6) is 0 Å². The Bertz CT molecular complexity index is 1540. The number of unbranched alkanes of at least 4 members (excludes halogenated alkanes) is 8. The predicted molar refractivity (Wildman–Crippen MR) is 202 cm³/mol. The van der Waals surface area contributed by atoms with Crippen LogP contribution < -0.4 is 15.5 Å². The Kier molecular flexibility index (Phi) is 14.5. The second-order valence-corrected chi connectivity index (χ2v) is 13.8. The fourth-order valence-corrected chi connectivity index (χ4v) is 6.80. The van der Waals surface area contributed by atoms with E-state index in [1.807, 2.05) is 38.1 Å². The first-order valence-corrected chi connectivity index (χ1v) is 18.9. The molecule has 3 N–H and O–H groups in total. The Morgan fingerprint density at radius 3 is 2.02 bits per heavy atom. The van der Waals surface area contributed by atoms with Gasteiger partial charge in [-0.2, -0.15) is 0 Å². The molecule has 0 atom stereocenters. The number of aryl methyl sites for hydroxylation is 1. The van der Waals surface area contributed by atoms with Gasteiger partial charge >= 0.3 is 0 Å². The highest BCUT2D eigenvalue weighted by Gasteiger charge is 2.40. The standard InChI is InChI=1S/C41H58N4O4/c1-6-9-12-14-19-36(46)43-33-26-32(42-21-16-11-8-3)28(4)24-30(33)38-40(48)39(41(38)49)31-25-29(5)35(45-22-17-18-23-45)27-34(31)44-37(47)20-15-13-10-7-2/h24-27,48H,6-23H2,1-5H3,(H,43,46)(H,44,47)/b38-30-,42-32+. The third-order valence-corrected chi connectivity index (χ3v) is 9.69. The van der Waals surface area contributed by atoms with Crippen LogP contribution >= 0.6 is 0 Å². The number of allylic oxidation sites excluding steroid dienone is 5. The Morgan fingerprint density at radius 2 is 1.41 bits per heavy atom. The van der Waals surface area contributed by atoms with E-state index in [0.717, 1.165) is 119 Å².